The Morgan fingerprint density at radius 1 is 0.913 bits per heavy atom. The van der Waals surface area contributed by atoms with Gasteiger partial charge < -0.3 is 25.6 Å². The van der Waals surface area contributed by atoms with Crippen molar-refractivity contribution in [2.24, 2.45) is 5.11 Å². The number of rotatable bonds is 4. The number of phenols is 2. The molecule has 23 heavy (non-hydrogen) atoms. The molecule has 0 aliphatic carbocycles. The Morgan fingerprint density at radius 3 is 2.00 bits per heavy atom. The number of nitrogens with zero attached hydrogens (tertiary/aromatic N) is 2. The Labute approximate surface area is 128 Å². The average molecular weight is 318 g/mol. The van der Waals surface area contributed by atoms with Gasteiger partial charge in [-0.05, 0) is 24.3 Å². The number of carboxylic acid groups (broad SMARTS) is 2. The van der Waals surface area contributed by atoms with Crippen LogP contribution in [0.4, 0.5) is 11.4 Å². The summed E-state index contributed by atoms with van der Waals surface area (Å²) in [6, 6.07) is 6.37. The molecule has 0 aromatic heterocycles. The van der Waals surface area contributed by atoms with E-state index in [1.807, 2.05) is 0 Å². The van der Waals surface area contributed by atoms with Gasteiger partial charge in [0.1, 0.15) is 28.3 Å². The minimum absolute atomic E-state index is 0.0554. The fourth-order valence-corrected chi connectivity index (χ4v) is 1.73. The fraction of sp³-hybridized carbons (Fsp3) is 0. The van der Waals surface area contributed by atoms with Crippen LogP contribution in [0, 0.1) is 5.21 Å². The molecule has 0 saturated heterocycles. The maximum absolute atomic E-state index is 11.9. The second-order valence-electron chi connectivity index (χ2n) is 4.39. The van der Waals surface area contributed by atoms with Crippen LogP contribution in [0.2, 0.25) is 0 Å². The van der Waals surface area contributed by atoms with Gasteiger partial charge in [-0.25, -0.2) is 9.59 Å². The Bertz CT molecular complexity index is 830. The number of aromatic carboxylic acids is 2. The van der Waals surface area contributed by atoms with Gasteiger partial charge in [-0.3, -0.25) is 0 Å². The number of hydrogen-bond donors (Lipinski definition) is 4. The summed E-state index contributed by atoms with van der Waals surface area (Å²) in [4.78, 5) is 21.9. The quantitative estimate of drug-likeness (QED) is 0.383. The molecule has 9 nitrogen and oxygen atoms in total. The molecule has 2 rings (SSSR count). The van der Waals surface area contributed by atoms with E-state index >= 15 is 0 Å². The molecule has 0 radical (unpaired) electrons. The van der Waals surface area contributed by atoms with E-state index < -0.39 is 34.6 Å². The van der Waals surface area contributed by atoms with Gasteiger partial charge in [-0.1, -0.05) is 4.86 Å². The van der Waals surface area contributed by atoms with Crippen LogP contribution < -0.4 is 0 Å². The molecule has 0 aliphatic rings. The van der Waals surface area contributed by atoms with Crippen LogP contribution in [0.1, 0.15) is 20.7 Å². The summed E-state index contributed by atoms with van der Waals surface area (Å²) in [7, 11) is 0. The minimum atomic E-state index is -1.42. The Kier molecular flexibility index (Phi) is 4.12. The van der Waals surface area contributed by atoms with E-state index in [2.05, 4.69) is 5.11 Å². The lowest BCUT2D eigenvalue weighted by Crippen LogP contribution is -1.99. The number of aromatic hydroxyl groups is 2. The van der Waals surface area contributed by atoms with Crippen LogP contribution in [-0.2, 0) is 0 Å². The van der Waals surface area contributed by atoms with Gasteiger partial charge in [0.2, 0.25) is 5.69 Å². The first-order valence-corrected chi connectivity index (χ1v) is 6.11. The van der Waals surface area contributed by atoms with Crippen LogP contribution in [0.3, 0.4) is 0 Å². The number of carboxylic acids is 2. The summed E-state index contributed by atoms with van der Waals surface area (Å²) >= 11 is 0. The van der Waals surface area contributed by atoms with Gasteiger partial charge in [0.25, 0.3) is 0 Å². The van der Waals surface area contributed by atoms with Crippen molar-refractivity contribution in [1.29, 1.82) is 0 Å². The van der Waals surface area contributed by atoms with E-state index in [0.717, 1.165) is 30.3 Å². The third-order valence-electron chi connectivity index (χ3n) is 2.85. The van der Waals surface area contributed by atoms with E-state index in [4.69, 9.17) is 10.2 Å². The third kappa shape index (κ3) is 3.35. The average Bonchev–Trinajstić information content (AvgIpc) is 2.49. The van der Waals surface area contributed by atoms with Gasteiger partial charge in [0.05, 0.1) is 0 Å². The molecule has 0 bridgehead atoms. The second-order valence-corrected chi connectivity index (χ2v) is 4.39. The summed E-state index contributed by atoms with van der Waals surface area (Å²) < 4.78 is 0. The van der Waals surface area contributed by atoms with Crippen molar-refractivity contribution in [3.05, 3.63) is 52.7 Å². The van der Waals surface area contributed by atoms with Gasteiger partial charge in [-0.15, -0.1) is 0 Å². The zero-order chi connectivity index (χ0) is 17.1. The van der Waals surface area contributed by atoms with Crippen molar-refractivity contribution in [2.75, 3.05) is 0 Å². The molecule has 2 aromatic rings. The minimum Gasteiger partial charge on any atom is -0.594 e. The maximum atomic E-state index is 11.9. The van der Waals surface area contributed by atoms with Crippen LogP contribution >= 0.6 is 0 Å². The highest BCUT2D eigenvalue weighted by Crippen LogP contribution is 2.27. The monoisotopic (exact) mass is 318 g/mol. The number of benzene rings is 2. The maximum Gasteiger partial charge on any atom is 0.339 e. The van der Waals surface area contributed by atoms with Gasteiger partial charge in [0, 0.05) is 17.2 Å². The zero-order valence-corrected chi connectivity index (χ0v) is 11.4. The lowest BCUT2D eigenvalue weighted by molar-refractivity contribution is -0.435. The molecule has 0 spiro atoms. The number of hydrogen-bond acceptors (Lipinski definition) is 6. The van der Waals surface area contributed by atoms with E-state index in [-0.39, 0.29) is 16.2 Å². The molecule has 0 aliphatic heterocycles. The van der Waals surface area contributed by atoms with Crippen molar-refractivity contribution >= 4 is 23.3 Å². The van der Waals surface area contributed by atoms with E-state index in [0.29, 0.717) is 0 Å². The van der Waals surface area contributed by atoms with Gasteiger partial charge in [0.15, 0.2) is 0 Å². The number of carbonyl (C=O) groups is 2. The van der Waals surface area contributed by atoms with E-state index in [1.54, 1.807) is 0 Å². The van der Waals surface area contributed by atoms with Crippen LogP contribution in [0.15, 0.2) is 41.5 Å². The lowest BCUT2D eigenvalue weighted by Gasteiger charge is -2.04. The number of azo groups is 1. The van der Waals surface area contributed by atoms with Gasteiger partial charge >= 0.3 is 11.9 Å². The van der Waals surface area contributed by atoms with Crippen molar-refractivity contribution in [2.45, 2.75) is 0 Å². The molecule has 4 N–H and O–H groups in total. The predicted octanol–water partition coefficient (Wildman–Crippen LogP) is 2.42. The Morgan fingerprint density at radius 2 is 1.43 bits per heavy atom. The van der Waals surface area contributed by atoms with Crippen molar-refractivity contribution < 1.29 is 34.9 Å². The molecule has 0 saturated carbocycles. The zero-order valence-electron chi connectivity index (χ0n) is 11.4. The summed E-state index contributed by atoms with van der Waals surface area (Å²) in [5.41, 5.74) is -1.14. The first-order valence-electron chi connectivity index (χ1n) is 6.11. The third-order valence-corrected chi connectivity index (χ3v) is 2.85. The highest BCUT2D eigenvalue weighted by molar-refractivity contribution is 5.92. The highest BCUT2D eigenvalue weighted by Gasteiger charge is 2.16. The van der Waals surface area contributed by atoms with E-state index in [1.165, 1.54) is 6.07 Å². The summed E-state index contributed by atoms with van der Waals surface area (Å²) in [5, 5.41) is 52.0. The molecule has 118 valence electrons. The van der Waals surface area contributed by atoms with Crippen LogP contribution in [-0.4, -0.2) is 37.2 Å². The molecule has 2 aromatic carbocycles. The lowest BCUT2D eigenvalue weighted by atomic mass is 10.2. The predicted molar refractivity (Wildman–Crippen MR) is 75.5 cm³/mol. The first-order chi connectivity index (χ1) is 10.8. The summed E-state index contributed by atoms with van der Waals surface area (Å²) in [5.74, 6) is -3.80. The fourth-order valence-electron chi connectivity index (χ4n) is 1.73. The molecule has 0 atom stereocenters. The topological polar surface area (TPSA) is 153 Å². The highest BCUT2D eigenvalue weighted by atomic mass is 16.5. The smallest absolute Gasteiger partial charge is 0.339 e. The molecular weight excluding hydrogens is 308 g/mol. The van der Waals surface area contributed by atoms with Crippen molar-refractivity contribution in [1.82, 2.24) is 0 Å². The van der Waals surface area contributed by atoms with Crippen LogP contribution in [0.5, 0.6) is 11.5 Å². The SMILES string of the molecule is O=C(O)c1cc(N=[N+]([O-])c2ccc(O)c(C(=O)O)c2)ccc1O. The normalized spacial score (nSPS) is 11.2. The van der Waals surface area contributed by atoms with Crippen LogP contribution in [0.25, 0.3) is 0 Å². The summed E-state index contributed by atoms with van der Waals surface area (Å²) in [6.07, 6.45) is 0. The molecule has 0 heterocycles. The summed E-state index contributed by atoms with van der Waals surface area (Å²) in [6.45, 7) is 0. The molecule has 0 amide bonds. The second kappa shape index (κ2) is 6.02. The molecule has 0 fully saturated rings. The van der Waals surface area contributed by atoms with E-state index in [9.17, 15) is 25.0 Å². The Hall–Kier alpha value is -3.62. The molecule has 0 unspecified atom stereocenters. The van der Waals surface area contributed by atoms with Crippen molar-refractivity contribution in [3.8, 4) is 11.5 Å². The first kappa shape index (κ1) is 15.8. The Balaban J connectivity index is 2.44. The molecular formula is C14H10N2O7. The largest absolute Gasteiger partial charge is 0.594 e. The standard InChI is InChI=1S/C14H10N2O7/c17-11-3-1-7(5-9(11)13(19)20)15-16(23)8-2-4-12(18)10(6-8)14(21)22/h1-6,17-18H,(H,19,20)(H,21,22). The van der Waals surface area contributed by atoms with Crippen molar-refractivity contribution in [3.63, 3.8) is 0 Å². The molecule has 9 heteroatoms. The van der Waals surface area contributed by atoms with Gasteiger partial charge in [-0.2, -0.15) is 0 Å².